The number of anilines is 2. The maximum Gasteiger partial charge on any atom is 0.407 e. The Labute approximate surface area is 163 Å². The van der Waals surface area contributed by atoms with E-state index in [4.69, 9.17) is 15.3 Å². The Kier molecular flexibility index (Phi) is 6.78. The van der Waals surface area contributed by atoms with Crippen molar-refractivity contribution in [1.29, 1.82) is 10.5 Å². The molecular formula is C19H23FN6O2. The molecule has 1 amide bonds. The molecule has 28 heavy (non-hydrogen) atoms. The zero-order chi connectivity index (χ0) is 20.7. The second kappa shape index (κ2) is 9.05. The van der Waals surface area contributed by atoms with Crippen molar-refractivity contribution in [2.24, 2.45) is 5.10 Å². The minimum Gasteiger partial charge on any atom is -0.444 e. The largest absolute Gasteiger partial charge is 0.444 e. The summed E-state index contributed by atoms with van der Waals surface area (Å²) < 4.78 is 19.7. The Morgan fingerprint density at radius 2 is 1.93 bits per heavy atom. The van der Waals surface area contributed by atoms with Gasteiger partial charge in [-0.3, -0.25) is 5.43 Å². The first kappa shape index (κ1) is 21.0. The minimum atomic E-state index is -0.565. The van der Waals surface area contributed by atoms with Gasteiger partial charge in [0, 0.05) is 19.1 Å². The van der Waals surface area contributed by atoms with Crippen LogP contribution in [0, 0.1) is 28.5 Å². The Hall–Kier alpha value is -3.33. The zero-order valence-electron chi connectivity index (χ0n) is 16.1. The number of carbonyl (C=O) groups is 1. The number of nitrogens with zero attached hydrogens (tertiary/aromatic N) is 4. The van der Waals surface area contributed by atoms with E-state index in [2.05, 4.69) is 15.8 Å². The molecule has 1 fully saturated rings. The summed E-state index contributed by atoms with van der Waals surface area (Å²) in [5, 5.41) is 24.1. The van der Waals surface area contributed by atoms with Crippen LogP contribution in [0.15, 0.2) is 23.3 Å². The summed E-state index contributed by atoms with van der Waals surface area (Å²) in [5.41, 5.74) is 2.36. The van der Waals surface area contributed by atoms with Crippen molar-refractivity contribution in [3.63, 3.8) is 0 Å². The normalized spacial score (nSPS) is 14.4. The van der Waals surface area contributed by atoms with Gasteiger partial charge >= 0.3 is 6.09 Å². The highest BCUT2D eigenvalue weighted by Crippen LogP contribution is 2.31. The minimum absolute atomic E-state index is 0.0592. The van der Waals surface area contributed by atoms with Crippen LogP contribution in [0.3, 0.4) is 0 Å². The van der Waals surface area contributed by atoms with E-state index in [-0.39, 0.29) is 11.8 Å². The molecule has 1 aromatic carbocycles. The van der Waals surface area contributed by atoms with Gasteiger partial charge in [-0.25, -0.2) is 9.18 Å². The van der Waals surface area contributed by atoms with Crippen LogP contribution in [0.2, 0.25) is 0 Å². The van der Waals surface area contributed by atoms with Gasteiger partial charge in [-0.2, -0.15) is 15.6 Å². The second-order valence-corrected chi connectivity index (χ2v) is 7.34. The lowest BCUT2D eigenvalue weighted by Crippen LogP contribution is -2.46. The van der Waals surface area contributed by atoms with Crippen molar-refractivity contribution >= 4 is 23.2 Å². The molecule has 8 nitrogen and oxygen atoms in total. The van der Waals surface area contributed by atoms with E-state index in [1.807, 2.05) is 4.90 Å². The number of halogens is 1. The lowest BCUT2D eigenvalue weighted by Gasteiger charge is -2.35. The number of alkyl carbamates (subject to hydrolysis) is 1. The molecule has 0 spiro atoms. The number of piperidine rings is 1. The zero-order valence-corrected chi connectivity index (χ0v) is 16.1. The Balaban J connectivity index is 2.04. The number of para-hydroxylation sites is 1. The second-order valence-electron chi connectivity index (χ2n) is 7.34. The van der Waals surface area contributed by atoms with E-state index < -0.39 is 17.5 Å². The Bertz CT molecular complexity index is 810. The molecule has 1 aromatic rings. The number of nitrogens with one attached hydrogen (secondary N) is 2. The average molecular weight is 386 g/mol. The smallest absolute Gasteiger partial charge is 0.407 e. The standard InChI is InChI=1S/C19H23FN6O2/c1-19(2,3)28-18(27)23-13-7-9-26(10-8-13)17-15(20)5-4-6-16(17)25-24-14(11-21)12-22/h4-6,13,25H,7-10H2,1-3H3,(H,23,27). The summed E-state index contributed by atoms with van der Waals surface area (Å²) in [7, 11) is 0. The number of rotatable bonds is 4. The van der Waals surface area contributed by atoms with Crippen molar-refractivity contribution in [1.82, 2.24) is 5.32 Å². The molecule has 0 aliphatic carbocycles. The molecule has 1 heterocycles. The van der Waals surface area contributed by atoms with Gasteiger partial charge < -0.3 is 15.0 Å². The highest BCUT2D eigenvalue weighted by atomic mass is 19.1. The van der Waals surface area contributed by atoms with Gasteiger partial charge in [-0.1, -0.05) is 6.07 Å². The number of ether oxygens (including phenoxy) is 1. The predicted molar refractivity (Wildman–Crippen MR) is 103 cm³/mol. The summed E-state index contributed by atoms with van der Waals surface area (Å²) in [6.45, 7) is 6.43. The van der Waals surface area contributed by atoms with E-state index in [0.717, 1.165) is 0 Å². The van der Waals surface area contributed by atoms with Crippen LogP contribution >= 0.6 is 0 Å². The summed E-state index contributed by atoms with van der Waals surface area (Å²) in [6, 6.07) is 7.71. The van der Waals surface area contributed by atoms with Crippen LogP contribution in [0.4, 0.5) is 20.6 Å². The van der Waals surface area contributed by atoms with E-state index >= 15 is 0 Å². The van der Waals surface area contributed by atoms with Crippen molar-refractivity contribution < 1.29 is 13.9 Å². The molecule has 0 saturated carbocycles. The predicted octanol–water partition coefficient (Wildman–Crippen LogP) is 3.13. The van der Waals surface area contributed by atoms with Gasteiger partial charge in [0.15, 0.2) is 0 Å². The molecule has 1 aliphatic rings. The third kappa shape index (κ3) is 5.85. The van der Waals surface area contributed by atoms with E-state index in [1.165, 1.54) is 12.1 Å². The van der Waals surface area contributed by atoms with Crippen LogP contribution in [0.5, 0.6) is 0 Å². The molecule has 1 aliphatic heterocycles. The molecule has 0 unspecified atom stereocenters. The van der Waals surface area contributed by atoms with Gasteiger partial charge in [0.25, 0.3) is 0 Å². The molecule has 0 bridgehead atoms. The number of carbonyl (C=O) groups excluding carboxylic acids is 1. The summed E-state index contributed by atoms with van der Waals surface area (Å²) in [6.07, 6.45) is 0.782. The van der Waals surface area contributed by atoms with E-state index in [0.29, 0.717) is 37.3 Å². The molecule has 2 N–H and O–H groups in total. The van der Waals surface area contributed by atoms with Gasteiger partial charge in [0.1, 0.15) is 23.6 Å². The average Bonchev–Trinajstić information content (AvgIpc) is 2.62. The topological polar surface area (TPSA) is 114 Å². The van der Waals surface area contributed by atoms with Crippen LogP contribution in [0.25, 0.3) is 0 Å². The Morgan fingerprint density at radius 1 is 1.29 bits per heavy atom. The van der Waals surface area contributed by atoms with Crippen molar-refractivity contribution in [3.8, 4) is 12.1 Å². The molecule has 1 saturated heterocycles. The summed E-state index contributed by atoms with van der Waals surface area (Å²) in [4.78, 5) is 13.8. The van der Waals surface area contributed by atoms with Crippen LogP contribution in [-0.4, -0.2) is 36.5 Å². The molecule has 0 atom stereocenters. The van der Waals surface area contributed by atoms with E-state index in [9.17, 15) is 9.18 Å². The number of benzene rings is 1. The van der Waals surface area contributed by atoms with Gasteiger partial charge in [0.05, 0.1) is 11.4 Å². The molecule has 9 heteroatoms. The maximum absolute atomic E-state index is 14.5. The summed E-state index contributed by atoms with van der Waals surface area (Å²) in [5.74, 6) is -0.436. The number of hydrogen-bond donors (Lipinski definition) is 2. The Morgan fingerprint density at radius 3 is 2.50 bits per heavy atom. The van der Waals surface area contributed by atoms with Crippen LogP contribution < -0.4 is 15.6 Å². The molecule has 148 valence electrons. The maximum atomic E-state index is 14.5. The SMILES string of the molecule is CC(C)(C)OC(=O)NC1CCN(c2c(F)cccc2NN=C(C#N)C#N)CC1. The molecule has 0 aromatic heterocycles. The van der Waals surface area contributed by atoms with Crippen LogP contribution in [0.1, 0.15) is 33.6 Å². The van der Waals surface area contributed by atoms with E-state index in [1.54, 1.807) is 39.0 Å². The molecular weight excluding hydrogens is 363 g/mol. The van der Waals surface area contributed by atoms with Crippen LogP contribution in [-0.2, 0) is 4.74 Å². The van der Waals surface area contributed by atoms with Gasteiger partial charge in [-0.15, -0.1) is 0 Å². The molecule has 2 rings (SSSR count). The third-order valence-corrected chi connectivity index (χ3v) is 4.02. The van der Waals surface area contributed by atoms with Gasteiger partial charge in [0.2, 0.25) is 5.71 Å². The highest BCUT2D eigenvalue weighted by Gasteiger charge is 2.26. The fraction of sp³-hybridized carbons (Fsp3) is 0.474. The fourth-order valence-electron chi connectivity index (χ4n) is 2.84. The quantitative estimate of drug-likeness (QED) is 0.607. The monoisotopic (exact) mass is 386 g/mol. The third-order valence-electron chi connectivity index (χ3n) is 4.02. The first-order chi connectivity index (χ1) is 13.2. The highest BCUT2D eigenvalue weighted by molar-refractivity contribution is 6.10. The fourth-order valence-corrected chi connectivity index (χ4v) is 2.84. The number of nitriles is 2. The lowest BCUT2D eigenvalue weighted by molar-refractivity contribution is 0.0497. The van der Waals surface area contributed by atoms with Crippen molar-refractivity contribution in [2.45, 2.75) is 45.3 Å². The van der Waals surface area contributed by atoms with Crippen molar-refractivity contribution in [2.75, 3.05) is 23.4 Å². The summed E-state index contributed by atoms with van der Waals surface area (Å²) >= 11 is 0. The van der Waals surface area contributed by atoms with Gasteiger partial charge in [-0.05, 0) is 45.7 Å². The first-order valence-corrected chi connectivity index (χ1v) is 8.90. The lowest BCUT2D eigenvalue weighted by atomic mass is 10.0. The van der Waals surface area contributed by atoms with Crippen molar-refractivity contribution in [3.05, 3.63) is 24.0 Å². The first-order valence-electron chi connectivity index (χ1n) is 8.90. The number of hydrogen-bond acceptors (Lipinski definition) is 7. The molecule has 0 radical (unpaired) electrons. The number of hydrazone groups is 1. The number of amides is 1.